The van der Waals surface area contributed by atoms with Gasteiger partial charge in [0.2, 0.25) is 0 Å². The Hall–Kier alpha value is -2.12. The Bertz CT molecular complexity index is 665. The van der Waals surface area contributed by atoms with Gasteiger partial charge in [-0.15, -0.1) is 0 Å². The highest BCUT2D eigenvalue weighted by Gasteiger charge is 2.56. The monoisotopic (exact) mass is 344 g/mol. The van der Waals surface area contributed by atoms with Crippen molar-refractivity contribution in [3.05, 3.63) is 24.3 Å². The number of likely N-dealkylation sites (N-methyl/N-ethyl adjacent to an activating group) is 1. The van der Waals surface area contributed by atoms with Crippen molar-refractivity contribution in [3.63, 3.8) is 0 Å². The third-order valence-electron chi connectivity index (χ3n) is 5.49. The van der Waals surface area contributed by atoms with Gasteiger partial charge in [0.05, 0.1) is 6.61 Å². The fourth-order valence-electron chi connectivity index (χ4n) is 3.83. The molecule has 3 amide bonds. The van der Waals surface area contributed by atoms with E-state index in [0.29, 0.717) is 25.4 Å². The van der Waals surface area contributed by atoms with Crippen molar-refractivity contribution < 1.29 is 14.3 Å². The minimum absolute atomic E-state index is 0.100. The predicted molar refractivity (Wildman–Crippen MR) is 93.8 cm³/mol. The van der Waals surface area contributed by atoms with Gasteiger partial charge in [-0.05, 0) is 50.2 Å². The first-order chi connectivity index (χ1) is 12.1. The molecule has 0 saturated carbocycles. The van der Waals surface area contributed by atoms with Gasteiger partial charge in [0.1, 0.15) is 11.3 Å². The molecule has 3 aliphatic rings. The minimum Gasteiger partial charge on any atom is -0.493 e. The summed E-state index contributed by atoms with van der Waals surface area (Å²) in [5, 5.41) is 6.50. The van der Waals surface area contributed by atoms with Gasteiger partial charge in [0.15, 0.2) is 0 Å². The molecule has 134 valence electrons. The summed E-state index contributed by atoms with van der Waals surface area (Å²) in [6, 6.07) is 7.27. The molecule has 7 nitrogen and oxygen atoms in total. The highest BCUT2D eigenvalue weighted by Crippen LogP contribution is 2.39. The van der Waals surface area contributed by atoms with Gasteiger partial charge in [0, 0.05) is 31.7 Å². The van der Waals surface area contributed by atoms with Gasteiger partial charge in [0.25, 0.3) is 5.91 Å². The minimum atomic E-state index is -0.753. The third-order valence-corrected chi connectivity index (χ3v) is 5.49. The fraction of sp³-hybridized carbons (Fsp3) is 0.556. The number of anilines is 1. The Morgan fingerprint density at radius 2 is 1.80 bits per heavy atom. The number of piperidine rings is 1. The van der Waals surface area contributed by atoms with Crippen molar-refractivity contribution in [1.82, 2.24) is 15.5 Å². The predicted octanol–water partition coefficient (Wildman–Crippen LogP) is 0.805. The van der Waals surface area contributed by atoms with Crippen LogP contribution in [0.5, 0.6) is 5.75 Å². The molecule has 0 aromatic heterocycles. The molecule has 3 saturated heterocycles. The number of hydrogen-bond acceptors (Lipinski definition) is 5. The summed E-state index contributed by atoms with van der Waals surface area (Å²) < 4.78 is 5.80. The number of ether oxygens (including phenoxy) is 1. The van der Waals surface area contributed by atoms with Crippen LogP contribution in [0.15, 0.2) is 24.3 Å². The van der Waals surface area contributed by atoms with E-state index >= 15 is 0 Å². The number of nitrogens with one attached hydrogen (secondary N) is 2. The zero-order chi connectivity index (χ0) is 17.4. The van der Waals surface area contributed by atoms with Gasteiger partial charge < -0.3 is 15.4 Å². The zero-order valence-corrected chi connectivity index (χ0v) is 14.5. The van der Waals surface area contributed by atoms with E-state index in [1.807, 2.05) is 24.3 Å². The number of benzene rings is 1. The van der Waals surface area contributed by atoms with Crippen molar-refractivity contribution in [2.24, 2.45) is 5.92 Å². The van der Waals surface area contributed by atoms with Crippen LogP contribution in [0.25, 0.3) is 0 Å². The number of nitrogens with zero attached hydrogens (tertiary/aromatic N) is 2. The molecule has 1 spiro atoms. The van der Waals surface area contributed by atoms with E-state index in [2.05, 4.69) is 10.6 Å². The van der Waals surface area contributed by atoms with E-state index < -0.39 is 5.54 Å². The molecule has 3 aliphatic heterocycles. The number of carbonyl (C=O) groups is 2. The average molecular weight is 344 g/mol. The summed E-state index contributed by atoms with van der Waals surface area (Å²) >= 11 is 0. The smallest absolute Gasteiger partial charge is 0.331 e. The summed E-state index contributed by atoms with van der Waals surface area (Å²) in [4.78, 5) is 28.4. The summed E-state index contributed by atoms with van der Waals surface area (Å²) in [7, 11) is 1.57. The Kier molecular flexibility index (Phi) is 4.13. The average Bonchev–Trinajstić information content (AvgIpc) is 2.77. The lowest BCUT2D eigenvalue weighted by Gasteiger charge is -2.38. The summed E-state index contributed by atoms with van der Waals surface area (Å²) in [5.74, 6) is 1.27. The molecule has 2 N–H and O–H groups in total. The van der Waals surface area contributed by atoms with E-state index in [1.54, 1.807) is 11.9 Å². The number of rotatable bonds is 4. The maximum absolute atomic E-state index is 12.8. The summed E-state index contributed by atoms with van der Waals surface area (Å²) in [6.45, 7) is 4.18. The lowest BCUT2D eigenvalue weighted by atomic mass is 9.86. The van der Waals surface area contributed by atoms with Gasteiger partial charge in [-0.1, -0.05) is 0 Å². The third kappa shape index (κ3) is 2.67. The van der Waals surface area contributed by atoms with Crippen LogP contribution in [-0.2, 0) is 4.79 Å². The highest BCUT2D eigenvalue weighted by atomic mass is 16.5. The Balaban J connectivity index is 1.55. The van der Waals surface area contributed by atoms with Crippen molar-refractivity contribution in [2.45, 2.75) is 18.4 Å². The molecule has 0 aliphatic carbocycles. The molecule has 0 unspecified atom stereocenters. The normalized spacial score (nSPS) is 23.2. The fourth-order valence-corrected chi connectivity index (χ4v) is 3.83. The molecule has 3 heterocycles. The van der Waals surface area contributed by atoms with Crippen LogP contribution in [0.2, 0.25) is 0 Å². The number of amides is 3. The Morgan fingerprint density at radius 3 is 2.40 bits per heavy atom. The first-order valence-electron chi connectivity index (χ1n) is 8.88. The van der Waals surface area contributed by atoms with E-state index in [-0.39, 0.29) is 11.9 Å². The van der Waals surface area contributed by atoms with Crippen molar-refractivity contribution in [1.29, 1.82) is 0 Å². The maximum Gasteiger partial charge on any atom is 0.331 e. The van der Waals surface area contributed by atoms with Crippen LogP contribution in [-0.4, -0.2) is 62.2 Å². The maximum atomic E-state index is 12.8. The zero-order valence-electron chi connectivity index (χ0n) is 14.5. The molecule has 0 radical (unpaired) electrons. The summed E-state index contributed by atoms with van der Waals surface area (Å²) in [6.07, 6.45) is 1.27. The number of carbonyl (C=O) groups excluding carboxylic acids is 2. The number of hydrogen-bond donors (Lipinski definition) is 2. The van der Waals surface area contributed by atoms with Crippen LogP contribution in [0.4, 0.5) is 10.5 Å². The summed E-state index contributed by atoms with van der Waals surface area (Å²) in [5.41, 5.74) is -0.000827. The first kappa shape index (κ1) is 16.4. The van der Waals surface area contributed by atoms with Crippen molar-refractivity contribution in [2.75, 3.05) is 44.7 Å². The topological polar surface area (TPSA) is 73.9 Å². The van der Waals surface area contributed by atoms with Crippen LogP contribution < -0.4 is 20.3 Å². The molecular weight excluding hydrogens is 320 g/mol. The van der Waals surface area contributed by atoms with E-state index in [9.17, 15) is 9.59 Å². The highest BCUT2D eigenvalue weighted by molar-refractivity contribution is 6.16. The van der Waals surface area contributed by atoms with Gasteiger partial charge in [-0.2, -0.15) is 0 Å². The molecule has 3 fully saturated rings. The van der Waals surface area contributed by atoms with Gasteiger partial charge in [-0.25, -0.2) is 4.79 Å². The first-order valence-corrected chi connectivity index (χ1v) is 8.88. The number of imide groups is 1. The largest absolute Gasteiger partial charge is 0.493 e. The Labute approximate surface area is 147 Å². The van der Waals surface area contributed by atoms with Gasteiger partial charge in [-0.3, -0.25) is 14.6 Å². The second-order valence-corrected chi connectivity index (χ2v) is 7.09. The van der Waals surface area contributed by atoms with E-state index in [0.717, 1.165) is 37.6 Å². The lowest BCUT2D eigenvalue weighted by Crippen LogP contribution is -2.56. The van der Waals surface area contributed by atoms with Crippen LogP contribution >= 0.6 is 0 Å². The second-order valence-electron chi connectivity index (χ2n) is 7.09. The second kappa shape index (κ2) is 6.31. The standard InChI is InChI=1S/C18H24N4O3/c1-21-16(23)18(6-8-19-9-7-18)22(17(21)24)14-2-4-15(5-3-14)25-12-13-10-20-11-13/h2-5,13,19-20H,6-12H2,1H3. The molecule has 1 aromatic carbocycles. The van der Waals surface area contributed by atoms with Gasteiger partial charge >= 0.3 is 6.03 Å². The van der Waals surface area contributed by atoms with Crippen LogP contribution in [0.1, 0.15) is 12.8 Å². The van der Waals surface area contributed by atoms with E-state index in [1.165, 1.54) is 4.90 Å². The molecule has 7 heteroatoms. The van der Waals surface area contributed by atoms with Crippen molar-refractivity contribution >= 4 is 17.6 Å². The molecule has 0 atom stereocenters. The lowest BCUT2D eigenvalue weighted by molar-refractivity contribution is -0.130. The Morgan fingerprint density at radius 1 is 1.12 bits per heavy atom. The molecule has 0 bridgehead atoms. The quantitative estimate of drug-likeness (QED) is 0.791. The number of urea groups is 1. The molecular formula is C18H24N4O3. The van der Waals surface area contributed by atoms with Crippen LogP contribution in [0.3, 0.4) is 0 Å². The van der Waals surface area contributed by atoms with Crippen molar-refractivity contribution in [3.8, 4) is 5.75 Å². The molecule has 25 heavy (non-hydrogen) atoms. The molecule has 1 aromatic rings. The molecule has 4 rings (SSSR count). The van der Waals surface area contributed by atoms with E-state index in [4.69, 9.17) is 4.74 Å². The SMILES string of the molecule is CN1C(=O)N(c2ccc(OCC3CNC3)cc2)C2(CCNCC2)C1=O. The van der Waals surface area contributed by atoms with Crippen LogP contribution in [0, 0.1) is 5.92 Å².